The van der Waals surface area contributed by atoms with E-state index in [0.717, 1.165) is 5.57 Å². The predicted octanol–water partition coefficient (Wildman–Crippen LogP) is 1.39. The number of aliphatic hydroxyl groups excluding tert-OH is 1. The summed E-state index contributed by atoms with van der Waals surface area (Å²) in [6.45, 7) is 9.01. The zero-order valence-corrected chi connectivity index (χ0v) is 17.8. The molecule has 0 radical (unpaired) electrons. The molecule has 0 saturated carbocycles. The molecule has 0 aromatic rings. The number of carbonyl (C=O) groups is 2. The van der Waals surface area contributed by atoms with Crippen molar-refractivity contribution in [1.29, 1.82) is 0 Å². The topological polar surface area (TPSA) is 102 Å². The number of esters is 1. The van der Waals surface area contributed by atoms with Crippen molar-refractivity contribution in [3.63, 3.8) is 0 Å². The van der Waals surface area contributed by atoms with Crippen LogP contribution in [0.25, 0.3) is 0 Å². The van der Waals surface area contributed by atoms with Gasteiger partial charge in [0.2, 0.25) is 0 Å². The summed E-state index contributed by atoms with van der Waals surface area (Å²) >= 11 is 0. The van der Waals surface area contributed by atoms with E-state index in [2.05, 4.69) is 0 Å². The van der Waals surface area contributed by atoms with Crippen LogP contribution in [0.4, 0.5) is 0 Å². The van der Waals surface area contributed by atoms with Crippen LogP contribution in [0.5, 0.6) is 0 Å². The number of fused-ring (bicyclic) bond motifs is 2. The Morgan fingerprint density at radius 1 is 1.31 bits per heavy atom. The normalized spacial score (nSPS) is 52.0. The lowest BCUT2D eigenvalue weighted by Crippen LogP contribution is -2.57. The van der Waals surface area contributed by atoms with E-state index < -0.39 is 35.5 Å². The minimum absolute atomic E-state index is 0.0104. The highest BCUT2D eigenvalue weighted by Gasteiger charge is 2.64. The molecule has 0 aromatic carbocycles. The standard InChI is InChI=1S/C22H32O7/c1-10-6-13(24)17-11(2)9-27-22(5)15(25)7-16(28-12(3)23)21(4,26)8-14-18(10)19(17)20(22)29-14/h6,11,14-20,25-26H,7-9H2,1-5H3. The van der Waals surface area contributed by atoms with Crippen molar-refractivity contribution in [3.8, 4) is 0 Å². The maximum absolute atomic E-state index is 12.9. The van der Waals surface area contributed by atoms with E-state index in [9.17, 15) is 19.8 Å². The average Bonchev–Trinajstić information content (AvgIpc) is 2.92. The molecule has 162 valence electrons. The van der Waals surface area contributed by atoms with E-state index in [4.69, 9.17) is 14.2 Å². The molecular weight excluding hydrogens is 376 g/mol. The zero-order valence-electron chi connectivity index (χ0n) is 17.8. The quantitative estimate of drug-likeness (QED) is 0.632. The monoisotopic (exact) mass is 408 g/mol. The molecule has 3 fully saturated rings. The van der Waals surface area contributed by atoms with Crippen LogP contribution in [-0.2, 0) is 23.8 Å². The van der Waals surface area contributed by atoms with Crippen LogP contribution in [-0.4, -0.2) is 64.2 Å². The Bertz CT molecular complexity index is 743. The van der Waals surface area contributed by atoms with Gasteiger partial charge >= 0.3 is 5.97 Å². The lowest BCUT2D eigenvalue weighted by molar-refractivity contribution is -0.191. The van der Waals surface area contributed by atoms with Gasteiger partial charge in [0.15, 0.2) is 5.78 Å². The molecule has 4 rings (SSSR count). The van der Waals surface area contributed by atoms with Gasteiger partial charge in [-0.25, -0.2) is 0 Å². The minimum Gasteiger partial charge on any atom is -0.459 e. The molecule has 3 aliphatic heterocycles. The summed E-state index contributed by atoms with van der Waals surface area (Å²) in [5, 5.41) is 22.5. The van der Waals surface area contributed by atoms with Gasteiger partial charge in [0, 0.05) is 37.5 Å². The largest absolute Gasteiger partial charge is 0.459 e. The molecule has 0 amide bonds. The molecule has 4 aliphatic rings. The first kappa shape index (κ1) is 21.0. The summed E-state index contributed by atoms with van der Waals surface area (Å²) in [6, 6.07) is 0. The van der Waals surface area contributed by atoms with Gasteiger partial charge in [0.1, 0.15) is 17.3 Å². The Morgan fingerprint density at radius 2 is 2.00 bits per heavy atom. The Labute approximate surface area is 171 Å². The number of carbonyl (C=O) groups excluding carboxylic acids is 2. The first-order valence-corrected chi connectivity index (χ1v) is 10.5. The second-order valence-electron chi connectivity index (χ2n) is 9.90. The van der Waals surface area contributed by atoms with Crippen molar-refractivity contribution in [2.24, 2.45) is 23.7 Å². The number of rotatable bonds is 1. The van der Waals surface area contributed by atoms with E-state index in [1.54, 1.807) is 13.0 Å². The second-order valence-corrected chi connectivity index (χ2v) is 9.90. The summed E-state index contributed by atoms with van der Waals surface area (Å²) in [4.78, 5) is 24.6. The summed E-state index contributed by atoms with van der Waals surface area (Å²) in [6.07, 6.45) is -0.772. The minimum atomic E-state index is -1.39. The van der Waals surface area contributed by atoms with Crippen molar-refractivity contribution in [2.45, 2.75) is 83.1 Å². The number of aliphatic hydroxyl groups is 2. The fourth-order valence-electron chi connectivity index (χ4n) is 6.15. The van der Waals surface area contributed by atoms with E-state index in [0.29, 0.717) is 6.61 Å². The van der Waals surface area contributed by atoms with Crippen LogP contribution in [0.15, 0.2) is 11.6 Å². The smallest absolute Gasteiger partial charge is 0.303 e. The van der Waals surface area contributed by atoms with Crippen molar-refractivity contribution >= 4 is 11.8 Å². The summed E-state index contributed by atoms with van der Waals surface area (Å²) in [5.74, 6) is -0.832. The third kappa shape index (κ3) is 3.17. The summed E-state index contributed by atoms with van der Waals surface area (Å²) in [7, 11) is 0. The SMILES string of the molecule is CC(=O)OC1CC(O)C2(C)OCC(C)C3C(=O)C=C(C)C4C(CC1(C)O)OC2C34. The Morgan fingerprint density at radius 3 is 2.66 bits per heavy atom. The molecule has 7 heteroatoms. The summed E-state index contributed by atoms with van der Waals surface area (Å²) < 4.78 is 18.2. The number of allylic oxidation sites excluding steroid dienone is 1. The molecule has 2 N–H and O–H groups in total. The lowest BCUT2D eigenvalue weighted by atomic mass is 9.62. The van der Waals surface area contributed by atoms with Crippen LogP contribution in [0.3, 0.4) is 0 Å². The van der Waals surface area contributed by atoms with Crippen LogP contribution in [0, 0.1) is 23.7 Å². The van der Waals surface area contributed by atoms with Crippen LogP contribution >= 0.6 is 0 Å². The average molecular weight is 408 g/mol. The fraction of sp³-hybridized carbons (Fsp3) is 0.818. The zero-order chi connectivity index (χ0) is 21.3. The number of ketones is 1. The molecule has 0 aromatic heterocycles. The van der Waals surface area contributed by atoms with E-state index >= 15 is 0 Å². The number of hydrogen-bond donors (Lipinski definition) is 2. The molecule has 3 heterocycles. The maximum Gasteiger partial charge on any atom is 0.303 e. The first-order valence-electron chi connectivity index (χ1n) is 10.5. The van der Waals surface area contributed by atoms with Crippen LogP contribution in [0.1, 0.15) is 47.5 Å². The molecule has 29 heavy (non-hydrogen) atoms. The van der Waals surface area contributed by atoms with Gasteiger partial charge in [-0.2, -0.15) is 0 Å². The van der Waals surface area contributed by atoms with E-state index in [-0.39, 0.29) is 48.4 Å². The Kier molecular flexibility index (Phi) is 4.97. The van der Waals surface area contributed by atoms with Crippen molar-refractivity contribution in [1.82, 2.24) is 0 Å². The van der Waals surface area contributed by atoms with Gasteiger partial charge in [-0.15, -0.1) is 0 Å². The third-order valence-corrected chi connectivity index (χ3v) is 7.68. The highest BCUT2D eigenvalue weighted by atomic mass is 16.6. The van der Waals surface area contributed by atoms with Crippen LogP contribution in [0.2, 0.25) is 0 Å². The van der Waals surface area contributed by atoms with Crippen LogP contribution < -0.4 is 0 Å². The Hall–Kier alpha value is -1.28. The van der Waals surface area contributed by atoms with Crippen molar-refractivity contribution in [3.05, 3.63) is 11.6 Å². The Balaban J connectivity index is 1.85. The molecule has 7 nitrogen and oxygen atoms in total. The highest BCUT2D eigenvalue weighted by molar-refractivity contribution is 5.94. The van der Waals surface area contributed by atoms with Crippen molar-refractivity contribution < 1.29 is 34.0 Å². The number of ether oxygens (including phenoxy) is 3. The fourth-order valence-corrected chi connectivity index (χ4v) is 6.15. The molecule has 3 saturated heterocycles. The van der Waals surface area contributed by atoms with E-state index in [1.807, 2.05) is 20.8 Å². The van der Waals surface area contributed by atoms with Gasteiger partial charge in [0.25, 0.3) is 0 Å². The maximum atomic E-state index is 12.9. The van der Waals surface area contributed by atoms with Gasteiger partial charge in [-0.05, 0) is 32.8 Å². The summed E-state index contributed by atoms with van der Waals surface area (Å²) in [5.41, 5.74) is -1.52. The molecule has 2 bridgehead atoms. The molecule has 10 atom stereocenters. The molecule has 0 spiro atoms. The van der Waals surface area contributed by atoms with E-state index in [1.165, 1.54) is 6.92 Å². The highest BCUT2D eigenvalue weighted by Crippen LogP contribution is 2.55. The molecular formula is C22H32O7. The lowest BCUT2D eigenvalue weighted by Gasteiger charge is -2.43. The predicted molar refractivity (Wildman–Crippen MR) is 103 cm³/mol. The van der Waals surface area contributed by atoms with Gasteiger partial charge in [-0.3, -0.25) is 9.59 Å². The third-order valence-electron chi connectivity index (χ3n) is 7.68. The number of hydrogen-bond acceptors (Lipinski definition) is 7. The first-order chi connectivity index (χ1) is 13.5. The van der Waals surface area contributed by atoms with Gasteiger partial charge < -0.3 is 24.4 Å². The van der Waals surface area contributed by atoms with Gasteiger partial charge in [0.05, 0.1) is 24.9 Å². The van der Waals surface area contributed by atoms with Gasteiger partial charge in [-0.1, -0.05) is 12.5 Å². The molecule has 1 aliphatic carbocycles. The molecule has 10 unspecified atom stereocenters. The second kappa shape index (κ2) is 6.87. The van der Waals surface area contributed by atoms with Crippen molar-refractivity contribution in [2.75, 3.05) is 6.61 Å².